The zero-order valence-corrected chi connectivity index (χ0v) is 11.5. The van der Waals surface area contributed by atoms with E-state index < -0.39 is 11.8 Å². The van der Waals surface area contributed by atoms with Gasteiger partial charge in [-0.1, -0.05) is 6.07 Å². The Hall–Kier alpha value is -1.95. The molecule has 1 aromatic carbocycles. The highest BCUT2D eigenvalue weighted by Crippen LogP contribution is 2.24. The summed E-state index contributed by atoms with van der Waals surface area (Å²) in [6.07, 6.45) is 1.48. The molecule has 0 aliphatic carbocycles. The van der Waals surface area contributed by atoms with E-state index in [0.717, 1.165) is 5.56 Å². The smallest absolute Gasteiger partial charge is 0.339 e. The van der Waals surface area contributed by atoms with Crippen LogP contribution in [0.25, 0.3) is 0 Å². The van der Waals surface area contributed by atoms with E-state index in [9.17, 15) is 9.18 Å². The lowest BCUT2D eigenvalue weighted by Crippen LogP contribution is -2.05. The third-order valence-electron chi connectivity index (χ3n) is 2.54. The standard InChI is InChI=1S/C13H10BrFN2O2/c1-7-2-3-9(15)5-11(7)17-12-10(13(18)19)4-8(14)6-16-12/h2-6H,1H3,(H,16,17)(H,18,19). The van der Waals surface area contributed by atoms with E-state index in [1.54, 1.807) is 13.0 Å². The molecule has 6 heteroatoms. The lowest BCUT2D eigenvalue weighted by atomic mass is 10.2. The number of rotatable bonds is 3. The van der Waals surface area contributed by atoms with Gasteiger partial charge in [0.2, 0.25) is 0 Å². The van der Waals surface area contributed by atoms with Crippen LogP contribution in [-0.4, -0.2) is 16.1 Å². The largest absolute Gasteiger partial charge is 0.478 e. The van der Waals surface area contributed by atoms with Crippen LogP contribution >= 0.6 is 15.9 Å². The van der Waals surface area contributed by atoms with Crippen LogP contribution in [0.3, 0.4) is 0 Å². The molecule has 2 rings (SSSR count). The average Bonchev–Trinajstić information content (AvgIpc) is 2.35. The fourth-order valence-corrected chi connectivity index (χ4v) is 1.89. The molecule has 0 spiro atoms. The van der Waals surface area contributed by atoms with Crippen LogP contribution in [0, 0.1) is 12.7 Å². The molecule has 0 radical (unpaired) electrons. The van der Waals surface area contributed by atoms with Crippen LogP contribution < -0.4 is 5.32 Å². The maximum absolute atomic E-state index is 13.2. The summed E-state index contributed by atoms with van der Waals surface area (Å²) in [5, 5.41) is 12.0. The molecule has 0 bridgehead atoms. The average molecular weight is 325 g/mol. The minimum Gasteiger partial charge on any atom is -0.478 e. The predicted octanol–water partition coefficient (Wildman–Crippen LogP) is 3.73. The molecule has 0 aliphatic rings. The second-order valence-electron chi connectivity index (χ2n) is 3.94. The van der Waals surface area contributed by atoms with Gasteiger partial charge in [0, 0.05) is 16.4 Å². The molecule has 1 aromatic heterocycles. The van der Waals surface area contributed by atoms with E-state index in [1.807, 2.05) is 0 Å². The number of carboxylic acids is 1. The van der Waals surface area contributed by atoms with E-state index in [2.05, 4.69) is 26.2 Å². The third kappa shape index (κ3) is 3.08. The Kier molecular flexibility index (Phi) is 3.80. The highest BCUT2D eigenvalue weighted by molar-refractivity contribution is 9.10. The summed E-state index contributed by atoms with van der Waals surface area (Å²) in [6, 6.07) is 5.68. The summed E-state index contributed by atoms with van der Waals surface area (Å²) < 4.78 is 13.8. The number of anilines is 2. The maximum atomic E-state index is 13.2. The van der Waals surface area contributed by atoms with E-state index in [1.165, 1.54) is 24.4 Å². The van der Waals surface area contributed by atoms with Crippen LogP contribution in [0.4, 0.5) is 15.9 Å². The van der Waals surface area contributed by atoms with Crippen LogP contribution in [0.5, 0.6) is 0 Å². The first-order chi connectivity index (χ1) is 8.97. The second kappa shape index (κ2) is 5.36. The molecule has 98 valence electrons. The summed E-state index contributed by atoms with van der Waals surface area (Å²) in [5.41, 5.74) is 1.29. The third-order valence-corrected chi connectivity index (χ3v) is 2.97. The van der Waals surface area contributed by atoms with Crippen molar-refractivity contribution in [3.8, 4) is 0 Å². The molecule has 2 aromatic rings. The van der Waals surface area contributed by atoms with Gasteiger partial charge in [0.25, 0.3) is 0 Å². The van der Waals surface area contributed by atoms with E-state index >= 15 is 0 Å². The van der Waals surface area contributed by atoms with Gasteiger partial charge in [-0.2, -0.15) is 0 Å². The number of hydrogen-bond donors (Lipinski definition) is 2. The molecular weight excluding hydrogens is 315 g/mol. The molecule has 19 heavy (non-hydrogen) atoms. The SMILES string of the molecule is Cc1ccc(F)cc1Nc1ncc(Br)cc1C(=O)O. The Labute approximate surface area is 117 Å². The second-order valence-corrected chi connectivity index (χ2v) is 4.85. The minimum atomic E-state index is -1.11. The van der Waals surface area contributed by atoms with Gasteiger partial charge in [-0.15, -0.1) is 0 Å². The molecule has 1 heterocycles. The number of carbonyl (C=O) groups is 1. The molecule has 0 aliphatic heterocycles. The Balaban J connectivity index is 2.43. The number of pyridine rings is 1. The lowest BCUT2D eigenvalue weighted by molar-refractivity contribution is 0.0697. The minimum absolute atomic E-state index is 0.0121. The van der Waals surface area contributed by atoms with Crippen molar-refractivity contribution in [1.29, 1.82) is 0 Å². The van der Waals surface area contributed by atoms with Crippen molar-refractivity contribution in [2.24, 2.45) is 0 Å². The van der Waals surface area contributed by atoms with Crippen molar-refractivity contribution in [1.82, 2.24) is 4.98 Å². The Morgan fingerprint density at radius 2 is 2.16 bits per heavy atom. The zero-order valence-electron chi connectivity index (χ0n) is 9.95. The van der Waals surface area contributed by atoms with Gasteiger partial charge < -0.3 is 10.4 Å². The Bertz CT molecular complexity index is 647. The molecule has 2 N–H and O–H groups in total. The Morgan fingerprint density at radius 3 is 2.84 bits per heavy atom. The molecule has 0 atom stereocenters. The van der Waals surface area contributed by atoms with Crippen molar-refractivity contribution < 1.29 is 14.3 Å². The summed E-state index contributed by atoms with van der Waals surface area (Å²) in [5.74, 6) is -1.34. The first-order valence-electron chi connectivity index (χ1n) is 5.39. The van der Waals surface area contributed by atoms with Crippen molar-refractivity contribution in [2.45, 2.75) is 6.92 Å². The summed E-state index contributed by atoms with van der Waals surface area (Å²) >= 11 is 3.16. The van der Waals surface area contributed by atoms with Crippen molar-refractivity contribution in [3.05, 3.63) is 51.9 Å². The number of benzene rings is 1. The number of nitrogens with one attached hydrogen (secondary N) is 1. The number of hydrogen-bond acceptors (Lipinski definition) is 3. The van der Waals surface area contributed by atoms with Crippen LogP contribution in [-0.2, 0) is 0 Å². The normalized spacial score (nSPS) is 10.3. The van der Waals surface area contributed by atoms with Gasteiger partial charge in [0.05, 0.1) is 0 Å². The topological polar surface area (TPSA) is 62.2 Å². The van der Waals surface area contributed by atoms with Gasteiger partial charge in [-0.3, -0.25) is 0 Å². The summed E-state index contributed by atoms with van der Waals surface area (Å²) in [6.45, 7) is 1.79. The summed E-state index contributed by atoms with van der Waals surface area (Å²) in [7, 11) is 0. The number of aromatic nitrogens is 1. The molecule has 0 saturated carbocycles. The molecular formula is C13H10BrFN2O2. The first-order valence-corrected chi connectivity index (χ1v) is 6.18. The van der Waals surface area contributed by atoms with Gasteiger partial charge in [0.1, 0.15) is 17.2 Å². The lowest BCUT2D eigenvalue weighted by Gasteiger charge is -2.11. The molecule has 0 amide bonds. The van der Waals surface area contributed by atoms with E-state index in [-0.39, 0.29) is 11.4 Å². The monoisotopic (exact) mass is 324 g/mol. The van der Waals surface area contributed by atoms with Gasteiger partial charge >= 0.3 is 5.97 Å². The highest BCUT2D eigenvalue weighted by atomic mass is 79.9. The number of aryl methyl sites for hydroxylation is 1. The quantitative estimate of drug-likeness (QED) is 0.902. The predicted molar refractivity (Wildman–Crippen MR) is 73.3 cm³/mol. The van der Waals surface area contributed by atoms with Crippen LogP contribution in [0.1, 0.15) is 15.9 Å². The van der Waals surface area contributed by atoms with E-state index in [4.69, 9.17) is 5.11 Å². The van der Waals surface area contributed by atoms with E-state index in [0.29, 0.717) is 10.2 Å². The number of aromatic carboxylic acids is 1. The van der Waals surface area contributed by atoms with Gasteiger partial charge in [0.15, 0.2) is 0 Å². The van der Waals surface area contributed by atoms with Crippen molar-refractivity contribution in [2.75, 3.05) is 5.32 Å². The number of carboxylic acid groups (broad SMARTS) is 1. The number of halogens is 2. The molecule has 4 nitrogen and oxygen atoms in total. The van der Waals surface area contributed by atoms with Crippen molar-refractivity contribution in [3.63, 3.8) is 0 Å². The molecule has 0 saturated heterocycles. The summed E-state index contributed by atoms with van der Waals surface area (Å²) in [4.78, 5) is 15.1. The first kappa shape index (κ1) is 13.5. The highest BCUT2D eigenvalue weighted by Gasteiger charge is 2.13. The fourth-order valence-electron chi connectivity index (χ4n) is 1.56. The van der Waals surface area contributed by atoms with Crippen LogP contribution in [0.15, 0.2) is 34.9 Å². The van der Waals surface area contributed by atoms with Crippen molar-refractivity contribution >= 4 is 33.4 Å². The number of nitrogens with zero attached hydrogens (tertiary/aromatic N) is 1. The molecule has 0 fully saturated rings. The Morgan fingerprint density at radius 1 is 1.42 bits per heavy atom. The molecule has 0 unspecified atom stereocenters. The zero-order chi connectivity index (χ0) is 14.0. The maximum Gasteiger partial charge on any atom is 0.339 e. The van der Waals surface area contributed by atoms with Gasteiger partial charge in [-0.05, 0) is 46.6 Å². The fraction of sp³-hybridized carbons (Fsp3) is 0.0769. The van der Waals surface area contributed by atoms with Gasteiger partial charge in [-0.25, -0.2) is 14.2 Å². The van der Waals surface area contributed by atoms with Crippen LogP contribution in [0.2, 0.25) is 0 Å².